The average Bonchev–Trinajstić information content (AvgIpc) is 2.57. The zero-order valence-corrected chi connectivity index (χ0v) is 15.8. The summed E-state index contributed by atoms with van der Waals surface area (Å²) in [6.07, 6.45) is 1.54. The number of anilines is 3. The van der Waals surface area contributed by atoms with Crippen molar-refractivity contribution in [1.82, 2.24) is 19.9 Å². The second-order valence-corrected chi connectivity index (χ2v) is 9.93. The van der Waals surface area contributed by atoms with Gasteiger partial charge in [0.2, 0.25) is 0 Å². The molecule has 1 aromatic heterocycles. The van der Waals surface area contributed by atoms with Gasteiger partial charge in [0.15, 0.2) is 0 Å². The number of nitrogens with zero attached hydrogens (tertiary/aromatic N) is 4. The lowest BCUT2D eigenvalue weighted by atomic mass is 10.3. The maximum absolute atomic E-state index is 12.1. The summed E-state index contributed by atoms with van der Waals surface area (Å²) in [6.45, 7) is 7.53. The standard InChI is InChI=1S/C17H25N6OP/c1-22-8-10-23(11-9-22)21-17-12-16(18-13-19-17)20-14-4-6-15(7-5-14)25(2,3)24/h4-7,12-13H,8-11H2,1-3H3,(H2,18,19,20,21). The van der Waals surface area contributed by atoms with Gasteiger partial charge in [0.25, 0.3) is 0 Å². The van der Waals surface area contributed by atoms with Crippen molar-refractivity contribution in [1.29, 1.82) is 0 Å². The van der Waals surface area contributed by atoms with Gasteiger partial charge in [-0.3, -0.25) is 0 Å². The first kappa shape index (κ1) is 17.9. The molecule has 2 heterocycles. The van der Waals surface area contributed by atoms with Crippen molar-refractivity contribution in [2.45, 2.75) is 0 Å². The van der Waals surface area contributed by atoms with Crippen molar-refractivity contribution in [3.8, 4) is 0 Å². The molecule has 0 radical (unpaired) electrons. The fourth-order valence-electron chi connectivity index (χ4n) is 2.62. The van der Waals surface area contributed by atoms with Gasteiger partial charge in [0, 0.05) is 43.2 Å². The van der Waals surface area contributed by atoms with Crippen LogP contribution in [0.4, 0.5) is 17.3 Å². The fraction of sp³-hybridized carbons (Fsp3) is 0.412. The molecule has 8 heteroatoms. The van der Waals surface area contributed by atoms with Crippen LogP contribution in [0.3, 0.4) is 0 Å². The second-order valence-electron chi connectivity index (χ2n) is 6.71. The van der Waals surface area contributed by atoms with Crippen LogP contribution in [0, 0.1) is 0 Å². The molecule has 0 bridgehead atoms. The molecule has 0 atom stereocenters. The highest BCUT2D eigenvalue weighted by Crippen LogP contribution is 2.34. The molecule has 0 spiro atoms. The highest BCUT2D eigenvalue weighted by Gasteiger charge is 2.14. The van der Waals surface area contributed by atoms with E-state index in [-0.39, 0.29) is 0 Å². The predicted molar refractivity (Wildman–Crippen MR) is 104 cm³/mol. The van der Waals surface area contributed by atoms with E-state index in [0.29, 0.717) is 0 Å². The fourth-order valence-corrected chi connectivity index (χ4v) is 3.49. The van der Waals surface area contributed by atoms with Crippen molar-refractivity contribution >= 4 is 29.8 Å². The Morgan fingerprint density at radius 3 is 2.28 bits per heavy atom. The van der Waals surface area contributed by atoms with Crippen LogP contribution in [-0.2, 0) is 4.57 Å². The Labute approximate surface area is 148 Å². The van der Waals surface area contributed by atoms with Gasteiger partial charge in [-0.25, -0.2) is 15.0 Å². The largest absolute Gasteiger partial charge is 0.340 e. The van der Waals surface area contributed by atoms with Gasteiger partial charge in [0.1, 0.15) is 25.1 Å². The van der Waals surface area contributed by atoms with Crippen LogP contribution in [0.25, 0.3) is 0 Å². The molecule has 2 N–H and O–H groups in total. The van der Waals surface area contributed by atoms with Crippen LogP contribution in [0.1, 0.15) is 0 Å². The Balaban J connectivity index is 1.64. The van der Waals surface area contributed by atoms with Gasteiger partial charge in [-0.05, 0) is 44.6 Å². The van der Waals surface area contributed by atoms with Crippen LogP contribution in [0.15, 0.2) is 36.7 Å². The topological polar surface area (TPSA) is 73.4 Å². The summed E-state index contributed by atoms with van der Waals surface area (Å²) in [4.78, 5) is 10.9. The van der Waals surface area contributed by atoms with E-state index in [9.17, 15) is 4.57 Å². The molecular weight excluding hydrogens is 335 g/mol. The molecule has 134 valence electrons. The molecule has 1 fully saturated rings. The third kappa shape index (κ3) is 5.01. The Hall–Kier alpha value is -1.95. The first-order valence-corrected chi connectivity index (χ1v) is 10.9. The molecule has 7 nitrogen and oxygen atoms in total. The Bertz CT molecular complexity index is 752. The number of nitrogens with one attached hydrogen (secondary N) is 2. The third-order valence-electron chi connectivity index (χ3n) is 4.20. The van der Waals surface area contributed by atoms with E-state index >= 15 is 0 Å². The number of hydrazine groups is 1. The van der Waals surface area contributed by atoms with Gasteiger partial charge in [-0.1, -0.05) is 0 Å². The maximum atomic E-state index is 12.1. The van der Waals surface area contributed by atoms with Crippen LogP contribution >= 0.6 is 7.14 Å². The summed E-state index contributed by atoms with van der Waals surface area (Å²) >= 11 is 0. The predicted octanol–water partition coefficient (Wildman–Crippen LogP) is 2.04. The molecular formula is C17H25N6OP. The van der Waals surface area contributed by atoms with Crippen LogP contribution in [0.5, 0.6) is 0 Å². The van der Waals surface area contributed by atoms with Crippen molar-refractivity contribution < 1.29 is 4.57 Å². The number of aromatic nitrogens is 2. The number of hydrogen-bond acceptors (Lipinski definition) is 7. The Kier molecular flexibility index (Phi) is 5.37. The van der Waals surface area contributed by atoms with Crippen LogP contribution < -0.4 is 16.0 Å². The normalized spacial score (nSPS) is 16.6. The zero-order chi connectivity index (χ0) is 17.9. The lowest BCUT2D eigenvalue weighted by Crippen LogP contribution is -2.47. The van der Waals surface area contributed by atoms with E-state index in [0.717, 1.165) is 48.8 Å². The molecule has 0 aliphatic carbocycles. The second kappa shape index (κ2) is 7.52. The minimum Gasteiger partial charge on any atom is -0.340 e. The quantitative estimate of drug-likeness (QED) is 0.791. The minimum absolute atomic E-state index is 0.718. The summed E-state index contributed by atoms with van der Waals surface area (Å²) in [6, 6.07) is 9.52. The summed E-state index contributed by atoms with van der Waals surface area (Å²) in [5.41, 5.74) is 4.24. The van der Waals surface area contributed by atoms with Gasteiger partial charge in [-0.15, -0.1) is 0 Å². The van der Waals surface area contributed by atoms with Crippen molar-refractivity contribution in [2.75, 3.05) is 57.3 Å². The SMILES string of the molecule is CN1CCN(Nc2cc(Nc3ccc(P(C)(C)=O)cc3)ncn2)CC1. The minimum atomic E-state index is -2.23. The van der Waals surface area contributed by atoms with Crippen LogP contribution in [-0.4, -0.2) is 66.4 Å². The number of hydrogen-bond donors (Lipinski definition) is 2. The van der Waals surface area contributed by atoms with Crippen LogP contribution in [0.2, 0.25) is 0 Å². The number of benzene rings is 1. The van der Waals surface area contributed by atoms with Gasteiger partial charge >= 0.3 is 0 Å². The summed E-state index contributed by atoms with van der Waals surface area (Å²) in [5, 5.41) is 6.30. The van der Waals surface area contributed by atoms with Crippen molar-refractivity contribution in [3.05, 3.63) is 36.7 Å². The first-order chi connectivity index (χ1) is 11.9. The van der Waals surface area contributed by atoms with E-state index in [1.54, 1.807) is 19.7 Å². The zero-order valence-electron chi connectivity index (χ0n) is 14.9. The summed E-state index contributed by atoms with van der Waals surface area (Å²) in [7, 11) is -0.0955. The highest BCUT2D eigenvalue weighted by molar-refractivity contribution is 7.70. The molecule has 0 amide bonds. The summed E-state index contributed by atoms with van der Waals surface area (Å²) in [5.74, 6) is 1.49. The van der Waals surface area contributed by atoms with Crippen molar-refractivity contribution in [3.63, 3.8) is 0 Å². The van der Waals surface area contributed by atoms with Gasteiger partial charge < -0.3 is 20.2 Å². The molecule has 1 saturated heterocycles. The van der Waals surface area contributed by atoms with Gasteiger partial charge in [0.05, 0.1) is 0 Å². The van der Waals surface area contributed by atoms with E-state index in [1.165, 1.54) is 0 Å². The Morgan fingerprint density at radius 2 is 1.64 bits per heavy atom. The number of likely N-dealkylation sites (N-methyl/N-ethyl adjacent to an activating group) is 1. The lowest BCUT2D eigenvalue weighted by molar-refractivity contribution is 0.178. The maximum Gasteiger partial charge on any atom is 0.145 e. The average molecular weight is 360 g/mol. The molecule has 1 aliphatic heterocycles. The monoisotopic (exact) mass is 360 g/mol. The molecule has 0 unspecified atom stereocenters. The van der Waals surface area contributed by atoms with Crippen molar-refractivity contribution in [2.24, 2.45) is 0 Å². The van der Waals surface area contributed by atoms with E-state index in [1.807, 2.05) is 30.3 Å². The lowest BCUT2D eigenvalue weighted by Gasteiger charge is -2.32. The molecule has 2 aromatic rings. The molecule has 1 aliphatic rings. The van der Waals surface area contributed by atoms with E-state index < -0.39 is 7.14 Å². The highest BCUT2D eigenvalue weighted by atomic mass is 31.2. The molecule has 25 heavy (non-hydrogen) atoms. The number of rotatable bonds is 5. The van der Waals surface area contributed by atoms with E-state index in [2.05, 4.69) is 37.7 Å². The molecule has 1 aromatic carbocycles. The van der Waals surface area contributed by atoms with Gasteiger partial charge in [-0.2, -0.15) is 0 Å². The van der Waals surface area contributed by atoms with E-state index in [4.69, 9.17) is 0 Å². The summed E-state index contributed by atoms with van der Waals surface area (Å²) < 4.78 is 12.1. The molecule has 3 rings (SSSR count). The smallest absolute Gasteiger partial charge is 0.145 e. The number of piperazine rings is 1. The third-order valence-corrected chi connectivity index (χ3v) is 5.75. The molecule has 0 saturated carbocycles. The Morgan fingerprint density at radius 1 is 1.00 bits per heavy atom. The first-order valence-electron chi connectivity index (χ1n) is 8.35.